The molecule has 0 aromatic carbocycles. The number of rotatable bonds is 7. The zero-order valence-corrected chi connectivity index (χ0v) is 11.6. The summed E-state index contributed by atoms with van der Waals surface area (Å²) in [6, 6.07) is 0. The molecule has 2 N–H and O–H groups in total. The van der Waals surface area contributed by atoms with Gasteiger partial charge in [0.2, 0.25) is 5.91 Å². The van der Waals surface area contributed by atoms with Gasteiger partial charge in [0.1, 0.15) is 12.1 Å². The van der Waals surface area contributed by atoms with Gasteiger partial charge in [-0.15, -0.1) is 0 Å². The molecule has 0 radical (unpaired) electrons. The zero-order chi connectivity index (χ0) is 14.3. The van der Waals surface area contributed by atoms with Crippen LogP contribution in [-0.4, -0.2) is 49.5 Å². The van der Waals surface area contributed by atoms with Crippen LogP contribution in [0.15, 0.2) is 0 Å². The predicted molar refractivity (Wildman–Crippen MR) is 68.8 cm³/mol. The van der Waals surface area contributed by atoms with Crippen molar-refractivity contribution in [3.63, 3.8) is 0 Å². The maximum Gasteiger partial charge on any atom is 0.329 e. The van der Waals surface area contributed by atoms with E-state index in [2.05, 4.69) is 5.32 Å². The van der Waals surface area contributed by atoms with Gasteiger partial charge in [-0.3, -0.25) is 4.79 Å². The fourth-order valence-electron chi connectivity index (χ4n) is 2.52. The Bertz CT molecular complexity index is 320. The van der Waals surface area contributed by atoms with E-state index < -0.39 is 11.5 Å². The lowest BCUT2D eigenvalue weighted by Crippen LogP contribution is -2.57. The Morgan fingerprint density at radius 1 is 1.42 bits per heavy atom. The summed E-state index contributed by atoms with van der Waals surface area (Å²) in [6.07, 6.45) is 2.79. The van der Waals surface area contributed by atoms with Crippen molar-refractivity contribution in [3.05, 3.63) is 0 Å². The molecule has 0 aromatic heterocycles. The second-order valence-corrected chi connectivity index (χ2v) is 5.18. The zero-order valence-electron chi connectivity index (χ0n) is 11.6. The van der Waals surface area contributed by atoms with Crippen molar-refractivity contribution in [2.75, 3.05) is 26.9 Å². The number of methoxy groups -OCH3 is 1. The van der Waals surface area contributed by atoms with Crippen LogP contribution < -0.4 is 5.32 Å². The average Bonchev–Trinajstić information content (AvgIpc) is 2.34. The Morgan fingerprint density at radius 2 is 2.16 bits per heavy atom. The quantitative estimate of drug-likeness (QED) is 0.670. The van der Waals surface area contributed by atoms with Crippen molar-refractivity contribution >= 4 is 11.9 Å². The van der Waals surface area contributed by atoms with E-state index in [9.17, 15) is 14.7 Å². The molecular weight excluding hydrogens is 250 g/mol. The first-order valence-electron chi connectivity index (χ1n) is 6.61. The summed E-state index contributed by atoms with van der Waals surface area (Å²) in [5.74, 6) is -1.03. The molecule has 110 valence electrons. The lowest BCUT2D eigenvalue weighted by molar-refractivity contribution is -0.150. The molecule has 0 bridgehead atoms. The third-order valence-electron chi connectivity index (χ3n) is 3.45. The molecule has 0 aliphatic heterocycles. The summed E-state index contributed by atoms with van der Waals surface area (Å²) in [7, 11) is 1.55. The van der Waals surface area contributed by atoms with Crippen LogP contribution in [0.25, 0.3) is 0 Å². The van der Waals surface area contributed by atoms with E-state index in [1.54, 1.807) is 7.11 Å². The Balaban J connectivity index is 2.49. The molecule has 1 aliphatic carbocycles. The van der Waals surface area contributed by atoms with Crippen molar-refractivity contribution < 1.29 is 24.2 Å². The minimum absolute atomic E-state index is 0.132. The summed E-state index contributed by atoms with van der Waals surface area (Å²) in [6.45, 7) is 2.61. The molecule has 6 nitrogen and oxygen atoms in total. The summed E-state index contributed by atoms with van der Waals surface area (Å²) >= 11 is 0. The van der Waals surface area contributed by atoms with Crippen molar-refractivity contribution in [1.29, 1.82) is 0 Å². The summed E-state index contributed by atoms with van der Waals surface area (Å²) in [5.41, 5.74) is -1.13. The number of carboxylic acid groups (broad SMARTS) is 1. The minimum Gasteiger partial charge on any atom is -0.480 e. The van der Waals surface area contributed by atoms with Gasteiger partial charge in [-0.25, -0.2) is 4.79 Å². The maximum absolute atomic E-state index is 11.8. The molecule has 6 heteroatoms. The second kappa shape index (κ2) is 7.45. The van der Waals surface area contributed by atoms with Crippen molar-refractivity contribution in [2.45, 2.75) is 38.1 Å². The van der Waals surface area contributed by atoms with Crippen LogP contribution in [0.2, 0.25) is 0 Å². The molecular formula is C13H23NO5. The number of carbonyl (C=O) groups excluding carboxylic acids is 1. The first-order valence-corrected chi connectivity index (χ1v) is 6.61. The predicted octanol–water partition coefficient (Wildman–Crippen LogP) is 0.799. The molecule has 0 aromatic rings. The lowest BCUT2D eigenvalue weighted by atomic mass is 9.76. The van der Waals surface area contributed by atoms with E-state index in [4.69, 9.17) is 9.47 Å². The van der Waals surface area contributed by atoms with Crippen molar-refractivity contribution in [2.24, 2.45) is 5.92 Å². The van der Waals surface area contributed by atoms with Gasteiger partial charge in [0.25, 0.3) is 0 Å². The van der Waals surface area contributed by atoms with Crippen LogP contribution in [-0.2, 0) is 19.1 Å². The van der Waals surface area contributed by atoms with Gasteiger partial charge in [0, 0.05) is 7.11 Å². The second-order valence-electron chi connectivity index (χ2n) is 5.18. The van der Waals surface area contributed by atoms with E-state index in [0.717, 1.165) is 12.8 Å². The number of aliphatic carboxylic acids is 1. The molecule has 1 amide bonds. The maximum atomic E-state index is 11.8. The van der Waals surface area contributed by atoms with Gasteiger partial charge in [0.15, 0.2) is 0 Å². The molecule has 0 heterocycles. The third-order valence-corrected chi connectivity index (χ3v) is 3.45. The first-order chi connectivity index (χ1) is 9.00. The number of carbonyl (C=O) groups is 2. The van der Waals surface area contributed by atoms with Crippen molar-refractivity contribution in [3.8, 4) is 0 Å². The molecule has 1 fully saturated rings. The highest BCUT2D eigenvalue weighted by atomic mass is 16.5. The van der Waals surface area contributed by atoms with E-state index in [-0.39, 0.29) is 12.5 Å². The van der Waals surface area contributed by atoms with Crippen LogP contribution in [0, 0.1) is 5.92 Å². The van der Waals surface area contributed by atoms with Gasteiger partial charge in [-0.2, -0.15) is 0 Å². The number of hydrogen-bond acceptors (Lipinski definition) is 4. The number of nitrogens with one attached hydrogen (secondary N) is 1. The fraction of sp³-hybridized carbons (Fsp3) is 0.846. The van der Waals surface area contributed by atoms with Crippen LogP contribution in [0.4, 0.5) is 0 Å². The van der Waals surface area contributed by atoms with Crippen LogP contribution in [0.5, 0.6) is 0 Å². The van der Waals surface area contributed by atoms with Gasteiger partial charge in [-0.05, 0) is 18.8 Å². The highest BCUT2D eigenvalue weighted by molar-refractivity contribution is 5.87. The van der Waals surface area contributed by atoms with Gasteiger partial charge < -0.3 is 19.9 Å². The number of carboxylic acids is 1. The molecule has 19 heavy (non-hydrogen) atoms. The van der Waals surface area contributed by atoms with Gasteiger partial charge in [0.05, 0.1) is 13.2 Å². The van der Waals surface area contributed by atoms with Gasteiger partial charge in [-0.1, -0.05) is 19.8 Å². The molecule has 0 spiro atoms. The highest BCUT2D eigenvalue weighted by Crippen LogP contribution is 2.32. The van der Waals surface area contributed by atoms with Crippen LogP contribution in [0.1, 0.15) is 32.6 Å². The molecule has 2 unspecified atom stereocenters. The Labute approximate surface area is 113 Å². The third kappa shape index (κ3) is 4.80. The fourth-order valence-corrected chi connectivity index (χ4v) is 2.52. The Hall–Kier alpha value is -1.14. The van der Waals surface area contributed by atoms with Crippen molar-refractivity contribution in [1.82, 2.24) is 5.32 Å². The lowest BCUT2D eigenvalue weighted by Gasteiger charge is -2.37. The summed E-state index contributed by atoms with van der Waals surface area (Å²) in [5, 5.41) is 12.0. The molecule has 0 saturated heterocycles. The van der Waals surface area contributed by atoms with E-state index >= 15 is 0 Å². The SMILES string of the molecule is COCCOCC(=O)NC1(C(=O)O)CCCC(C)C1. The minimum atomic E-state index is -1.13. The van der Waals surface area contributed by atoms with Crippen LogP contribution in [0.3, 0.4) is 0 Å². The molecule has 1 rings (SSSR count). The van der Waals surface area contributed by atoms with Gasteiger partial charge >= 0.3 is 5.97 Å². The standard InChI is InChI=1S/C13H23NO5/c1-10-4-3-5-13(8-10,12(16)17)14-11(15)9-19-7-6-18-2/h10H,3-9H2,1-2H3,(H,14,15)(H,16,17). The highest BCUT2D eigenvalue weighted by Gasteiger charge is 2.43. The monoisotopic (exact) mass is 273 g/mol. The normalized spacial score (nSPS) is 26.9. The molecule has 1 saturated carbocycles. The first kappa shape index (κ1) is 15.9. The van der Waals surface area contributed by atoms with E-state index in [1.807, 2.05) is 6.92 Å². The number of ether oxygens (including phenoxy) is 2. The number of amides is 1. The number of hydrogen-bond donors (Lipinski definition) is 2. The Morgan fingerprint density at radius 3 is 2.74 bits per heavy atom. The summed E-state index contributed by atoms with van der Waals surface area (Å²) < 4.78 is 9.89. The molecule has 2 atom stereocenters. The van der Waals surface area contributed by atoms with E-state index in [0.29, 0.717) is 32.0 Å². The average molecular weight is 273 g/mol. The topological polar surface area (TPSA) is 84.9 Å². The Kier molecular flexibility index (Phi) is 6.24. The largest absolute Gasteiger partial charge is 0.480 e. The summed E-state index contributed by atoms with van der Waals surface area (Å²) in [4.78, 5) is 23.2. The molecule has 1 aliphatic rings. The van der Waals surface area contributed by atoms with Crippen LogP contribution >= 0.6 is 0 Å². The smallest absolute Gasteiger partial charge is 0.329 e. The van der Waals surface area contributed by atoms with E-state index in [1.165, 1.54) is 0 Å².